The van der Waals surface area contributed by atoms with Crippen LogP contribution in [-0.4, -0.2) is 25.7 Å². The Kier molecular flexibility index (Phi) is 9.38. The number of hydrogen-bond acceptors (Lipinski definition) is 3. The smallest absolute Gasteiger partial charge is 0.261 e. The zero-order valence-electron chi connectivity index (χ0n) is 8.72. The molecule has 88 valence electrons. The summed E-state index contributed by atoms with van der Waals surface area (Å²) < 4.78 is 28.2. The number of unbranched alkanes of at least 4 members (excludes halogenated alkanes) is 1. The molecule has 0 aromatic carbocycles. The molecule has 0 rings (SSSR count). The van der Waals surface area contributed by atoms with Crippen LogP contribution in [-0.2, 0) is 4.74 Å². The van der Waals surface area contributed by atoms with Gasteiger partial charge in [0.15, 0.2) is 0 Å². The molecule has 0 aliphatic rings. The van der Waals surface area contributed by atoms with E-state index < -0.39 is 13.0 Å². The van der Waals surface area contributed by atoms with Crippen LogP contribution in [0.1, 0.15) is 25.7 Å². The van der Waals surface area contributed by atoms with Gasteiger partial charge in [-0.1, -0.05) is 0 Å². The van der Waals surface area contributed by atoms with Gasteiger partial charge in [-0.3, -0.25) is 11.3 Å². The molecule has 0 saturated carbocycles. The van der Waals surface area contributed by atoms with Gasteiger partial charge in [0.1, 0.15) is 6.61 Å². The molecular formula is C10H18F2N2O. The van der Waals surface area contributed by atoms with E-state index in [0.717, 1.165) is 12.8 Å². The van der Waals surface area contributed by atoms with E-state index >= 15 is 0 Å². The molecule has 0 aliphatic carbocycles. The molecule has 3 nitrogen and oxygen atoms in total. The fraction of sp³-hybridized carbons (Fsp3) is 0.800. The molecule has 0 spiro atoms. The summed E-state index contributed by atoms with van der Waals surface area (Å²) in [4.78, 5) is 0. The number of hydrazine groups is 1. The molecule has 0 aliphatic heterocycles. The highest BCUT2D eigenvalue weighted by Crippen LogP contribution is 2.04. The minimum Gasteiger partial charge on any atom is -0.375 e. The van der Waals surface area contributed by atoms with Gasteiger partial charge < -0.3 is 4.74 Å². The number of hydrogen-bond donors (Lipinski definition) is 2. The molecule has 0 amide bonds. The predicted molar refractivity (Wildman–Crippen MR) is 55.2 cm³/mol. The first kappa shape index (κ1) is 14.3. The number of nitrogens with one attached hydrogen (secondary N) is 1. The normalized spacial score (nSPS) is 12.7. The minimum atomic E-state index is -2.41. The lowest BCUT2D eigenvalue weighted by atomic mass is 10.1. The van der Waals surface area contributed by atoms with Gasteiger partial charge in [-0.15, -0.1) is 12.3 Å². The maximum absolute atomic E-state index is 11.7. The molecule has 0 aromatic heterocycles. The number of ether oxygens (including phenoxy) is 1. The fourth-order valence-electron chi connectivity index (χ4n) is 1.16. The van der Waals surface area contributed by atoms with Crippen LogP contribution < -0.4 is 11.3 Å². The van der Waals surface area contributed by atoms with E-state index in [1.807, 2.05) is 0 Å². The molecule has 0 radical (unpaired) electrons. The van der Waals surface area contributed by atoms with Crippen molar-refractivity contribution in [3.63, 3.8) is 0 Å². The summed E-state index contributed by atoms with van der Waals surface area (Å²) in [5, 5.41) is 0. The van der Waals surface area contributed by atoms with Crippen molar-refractivity contribution in [1.82, 2.24) is 5.43 Å². The second-order valence-electron chi connectivity index (χ2n) is 3.21. The van der Waals surface area contributed by atoms with Gasteiger partial charge in [-0.05, 0) is 19.3 Å². The third kappa shape index (κ3) is 9.60. The lowest BCUT2D eigenvalue weighted by Crippen LogP contribution is -2.36. The topological polar surface area (TPSA) is 47.3 Å². The molecule has 15 heavy (non-hydrogen) atoms. The molecule has 0 heterocycles. The first-order valence-electron chi connectivity index (χ1n) is 4.96. The standard InChI is InChI=1S/C10H18F2N2O/c1-2-3-4-5-9(14-13)6-7-15-8-10(11)12/h1,9-10,14H,3-8,13H2. The average Bonchev–Trinajstić information content (AvgIpc) is 2.21. The van der Waals surface area contributed by atoms with Crippen molar-refractivity contribution < 1.29 is 13.5 Å². The van der Waals surface area contributed by atoms with Gasteiger partial charge in [-0.25, -0.2) is 8.78 Å². The zero-order valence-corrected chi connectivity index (χ0v) is 8.72. The van der Waals surface area contributed by atoms with Gasteiger partial charge in [0, 0.05) is 19.1 Å². The lowest BCUT2D eigenvalue weighted by Gasteiger charge is -2.14. The Morgan fingerprint density at radius 1 is 1.40 bits per heavy atom. The van der Waals surface area contributed by atoms with E-state index in [2.05, 4.69) is 11.3 Å². The molecule has 1 atom stereocenters. The van der Waals surface area contributed by atoms with E-state index in [9.17, 15) is 8.78 Å². The van der Waals surface area contributed by atoms with E-state index in [4.69, 9.17) is 17.0 Å². The predicted octanol–water partition coefficient (Wildman–Crippen LogP) is 1.29. The van der Waals surface area contributed by atoms with Crippen molar-refractivity contribution in [3.8, 4) is 12.3 Å². The molecular weight excluding hydrogens is 202 g/mol. The van der Waals surface area contributed by atoms with Crippen LogP contribution in [0.2, 0.25) is 0 Å². The summed E-state index contributed by atoms with van der Waals surface area (Å²) in [5.41, 5.74) is 2.61. The monoisotopic (exact) mass is 220 g/mol. The maximum atomic E-state index is 11.7. The van der Waals surface area contributed by atoms with Crippen molar-refractivity contribution in [2.24, 2.45) is 5.84 Å². The Bertz CT molecular complexity index is 183. The lowest BCUT2D eigenvalue weighted by molar-refractivity contribution is 0.0142. The van der Waals surface area contributed by atoms with Gasteiger partial charge in [0.05, 0.1) is 0 Å². The van der Waals surface area contributed by atoms with E-state index in [1.54, 1.807) is 0 Å². The van der Waals surface area contributed by atoms with Crippen LogP contribution in [0.3, 0.4) is 0 Å². The van der Waals surface area contributed by atoms with Gasteiger partial charge in [0.2, 0.25) is 0 Å². The Labute approximate surface area is 89.3 Å². The summed E-state index contributed by atoms with van der Waals surface area (Å²) >= 11 is 0. The van der Waals surface area contributed by atoms with E-state index in [-0.39, 0.29) is 12.6 Å². The van der Waals surface area contributed by atoms with Gasteiger partial charge >= 0.3 is 0 Å². The van der Waals surface area contributed by atoms with Crippen LogP contribution >= 0.6 is 0 Å². The van der Waals surface area contributed by atoms with Crippen LogP contribution in [0.25, 0.3) is 0 Å². The Hall–Kier alpha value is -0.700. The SMILES string of the molecule is C#CCCCC(CCOCC(F)F)NN. The van der Waals surface area contributed by atoms with Crippen molar-refractivity contribution in [3.05, 3.63) is 0 Å². The van der Waals surface area contributed by atoms with Crippen LogP contribution in [0.4, 0.5) is 8.78 Å². The summed E-state index contributed by atoms with van der Waals surface area (Å²) in [6, 6.07) is 0.0797. The highest BCUT2D eigenvalue weighted by Gasteiger charge is 2.07. The Morgan fingerprint density at radius 3 is 2.67 bits per heavy atom. The van der Waals surface area contributed by atoms with Gasteiger partial charge in [-0.2, -0.15) is 0 Å². The Morgan fingerprint density at radius 2 is 2.13 bits per heavy atom. The summed E-state index contributed by atoms with van der Waals surface area (Å²) in [7, 11) is 0. The van der Waals surface area contributed by atoms with Crippen molar-refractivity contribution in [2.75, 3.05) is 13.2 Å². The Balaban J connectivity index is 3.40. The first-order valence-corrected chi connectivity index (χ1v) is 4.96. The minimum absolute atomic E-state index is 0.0797. The number of terminal acetylenes is 1. The van der Waals surface area contributed by atoms with Crippen molar-refractivity contribution in [1.29, 1.82) is 0 Å². The number of alkyl halides is 2. The number of nitrogens with two attached hydrogens (primary N) is 1. The molecule has 0 aromatic rings. The summed E-state index contributed by atoms with van der Waals surface area (Å²) in [6.45, 7) is -0.225. The second-order valence-corrected chi connectivity index (χ2v) is 3.21. The molecule has 1 unspecified atom stereocenters. The number of halogens is 2. The van der Waals surface area contributed by atoms with Crippen molar-refractivity contribution >= 4 is 0 Å². The molecule has 5 heteroatoms. The highest BCUT2D eigenvalue weighted by atomic mass is 19.3. The third-order valence-electron chi connectivity index (χ3n) is 1.96. The average molecular weight is 220 g/mol. The molecule has 0 bridgehead atoms. The van der Waals surface area contributed by atoms with Crippen LogP contribution in [0.15, 0.2) is 0 Å². The van der Waals surface area contributed by atoms with E-state index in [1.165, 1.54) is 0 Å². The molecule has 0 fully saturated rings. The third-order valence-corrected chi connectivity index (χ3v) is 1.96. The molecule has 0 saturated heterocycles. The first-order chi connectivity index (χ1) is 7.20. The zero-order chi connectivity index (χ0) is 11.5. The van der Waals surface area contributed by atoms with Crippen LogP contribution in [0.5, 0.6) is 0 Å². The maximum Gasteiger partial charge on any atom is 0.261 e. The van der Waals surface area contributed by atoms with Crippen molar-refractivity contribution in [2.45, 2.75) is 38.2 Å². The second kappa shape index (κ2) is 9.84. The number of rotatable bonds is 9. The summed E-state index contributed by atoms with van der Waals surface area (Å²) in [5.74, 6) is 7.82. The van der Waals surface area contributed by atoms with Crippen LogP contribution in [0, 0.1) is 12.3 Å². The van der Waals surface area contributed by atoms with Gasteiger partial charge in [0.25, 0.3) is 6.43 Å². The molecule has 3 N–H and O–H groups in total. The highest BCUT2D eigenvalue weighted by molar-refractivity contribution is 4.83. The summed E-state index contributed by atoms with van der Waals surface area (Å²) in [6.07, 6.45) is 5.73. The quantitative estimate of drug-likeness (QED) is 0.266. The van der Waals surface area contributed by atoms with E-state index in [0.29, 0.717) is 12.8 Å². The fourth-order valence-corrected chi connectivity index (χ4v) is 1.16. The largest absolute Gasteiger partial charge is 0.375 e.